The molecular formula is C22H25N3O3. The molecule has 0 aliphatic heterocycles. The molecule has 0 unspecified atom stereocenters. The Morgan fingerprint density at radius 1 is 0.929 bits per heavy atom. The average Bonchev–Trinajstić information content (AvgIpc) is 2.67. The van der Waals surface area contributed by atoms with E-state index >= 15 is 0 Å². The van der Waals surface area contributed by atoms with Crippen LogP contribution >= 0.6 is 0 Å². The van der Waals surface area contributed by atoms with Crippen LogP contribution in [0, 0.1) is 0 Å². The fourth-order valence-corrected chi connectivity index (χ4v) is 2.73. The summed E-state index contributed by atoms with van der Waals surface area (Å²) in [6.45, 7) is 1.35. The minimum atomic E-state index is -0.862. The van der Waals surface area contributed by atoms with Crippen molar-refractivity contribution in [3.63, 3.8) is 0 Å². The quantitative estimate of drug-likeness (QED) is 0.619. The zero-order chi connectivity index (χ0) is 20.4. The predicted octanol–water partition coefficient (Wildman–Crippen LogP) is 1.81. The van der Waals surface area contributed by atoms with Crippen LogP contribution in [0.25, 0.3) is 6.08 Å². The van der Waals surface area contributed by atoms with Crippen LogP contribution in [-0.2, 0) is 20.8 Å². The summed E-state index contributed by atoms with van der Waals surface area (Å²) in [6, 6.07) is 17.3. The van der Waals surface area contributed by atoms with Gasteiger partial charge >= 0.3 is 0 Å². The van der Waals surface area contributed by atoms with Crippen molar-refractivity contribution in [3.05, 3.63) is 77.9 Å². The molecule has 0 aromatic heterocycles. The molecule has 0 fully saturated rings. The first kappa shape index (κ1) is 20.9. The molecule has 0 bridgehead atoms. The smallest absolute Gasteiger partial charge is 0.243 e. The second-order valence-corrected chi connectivity index (χ2v) is 6.46. The van der Waals surface area contributed by atoms with E-state index < -0.39 is 23.9 Å². The summed E-state index contributed by atoms with van der Waals surface area (Å²) >= 11 is 0. The molecule has 6 heteroatoms. The van der Waals surface area contributed by atoms with Crippen LogP contribution in [0.3, 0.4) is 0 Å². The Morgan fingerprint density at radius 2 is 1.54 bits per heavy atom. The zero-order valence-electron chi connectivity index (χ0n) is 15.8. The number of nitrogens with one attached hydrogen (secondary N) is 2. The third kappa shape index (κ3) is 7.07. The van der Waals surface area contributed by atoms with E-state index in [1.165, 1.54) is 6.92 Å². The van der Waals surface area contributed by atoms with Gasteiger partial charge in [0, 0.05) is 13.3 Å². The molecule has 4 N–H and O–H groups in total. The first-order valence-electron chi connectivity index (χ1n) is 9.08. The summed E-state index contributed by atoms with van der Waals surface area (Å²) < 4.78 is 0. The zero-order valence-corrected chi connectivity index (χ0v) is 15.8. The molecule has 2 aromatic rings. The van der Waals surface area contributed by atoms with Crippen molar-refractivity contribution < 1.29 is 14.4 Å². The second kappa shape index (κ2) is 10.7. The first-order chi connectivity index (χ1) is 13.5. The Bertz CT molecular complexity index is 819. The molecule has 6 nitrogen and oxygen atoms in total. The van der Waals surface area contributed by atoms with Gasteiger partial charge in [0.2, 0.25) is 17.7 Å². The van der Waals surface area contributed by atoms with Crippen molar-refractivity contribution in [3.8, 4) is 0 Å². The highest BCUT2D eigenvalue weighted by atomic mass is 16.2. The van der Waals surface area contributed by atoms with Gasteiger partial charge < -0.3 is 16.4 Å². The van der Waals surface area contributed by atoms with Crippen LogP contribution in [0.2, 0.25) is 0 Å². The Morgan fingerprint density at radius 3 is 2.11 bits per heavy atom. The molecule has 0 aliphatic rings. The van der Waals surface area contributed by atoms with Gasteiger partial charge in [0.1, 0.15) is 12.1 Å². The van der Waals surface area contributed by atoms with E-state index in [-0.39, 0.29) is 12.3 Å². The third-order valence-electron chi connectivity index (χ3n) is 4.12. The van der Waals surface area contributed by atoms with E-state index in [1.807, 2.05) is 66.7 Å². The van der Waals surface area contributed by atoms with Crippen molar-refractivity contribution in [1.82, 2.24) is 10.6 Å². The Kier molecular flexibility index (Phi) is 7.96. The molecule has 2 rings (SSSR count). The molecule has 0 heterocycles. The van der Waals surface area contributed by atoms with Crippen molar-refractivity contribution >= 4 is 23.8 Å². The highest BCUT2D eigenvalue weighted by molar-refractivity contribution is 5.91. The van der Waals surface area contributed by atoms with E-state index in [0.29, 0.717) is 6.42 Å². The molecule has 2 atom stereocenters. The molecule has 0 aliphatic carbocycles. The number of hydrogen-bond acceptors (Lipinski definition) is 3. The van der Waals surface area contributed by atoms with Crippen LogP contribution in [0.1, 0.15) is 24.5 Å². The summed E-state index contributed by atoms with van der Waals surface area (Å²) in [5, 5.41) is 5.28. The normalized spacial score (nSPS) is 12.9. The molecule has 0 radical (unpaired) electrons. The Labute approximate surface area is 164 Å². The van der Waals surface area contributed by atoms with Gasteiger partial charge in [-0.15, -0.1) is 0 Å². The van der Waals surface area contributed by atoms with Gasteiger partial charge in [-0.25, -0.2) is 0 Å². The van der Waals surface area contributed by atoms with Crippen LogP contribution in [0.15, 0.2) is 66.7 Å². The van der Waals surface area contributed by atoms with Crippen molar-refractivity contribution in [2.75, 3.05) is 0 Å². The first-order valence-corrected chi connectivity index (χ1v) is 9.08. The van der Waals surface area contributed by atoms with E-state index in [9.17, 15) is 14.4 Å². The van der Waals surface area contributed by atoms with Gasteiger partial charge in [0.05, 0.1) is 0 Å². The lowest BCUT2D eigenvalue weighted by molar-refractivity contribution is -0.130. The summed E-state index contributed by atoms with van der Waals surface area (Å²) in [5.41, 5.74) is 7.33. The van der Waals surface area contributed by atoms with Gasteiger partial charge in [-0.3, -0.25) is 14.4 Å². The predicted molar refractivity (Wildman–Crippen MR) is 109 cm³/mol. The van der Waals surface area contributed by atoms with E-state index in [2.05, 4.69) is 10.6 Å². The van der Waals surface area contributed by atoms with E-state index in [1.54, 1.807) is 6.08 Å². The topological polar surface area (TPSA) is 101 Å². The summed E-state index contributed by atoms with van der Waals surface area (Å²) in [4.78, 5) is 35.9. The fraction of sp³-hybridized carbons (Fsp3) is 0.227. The molecule has 3 amide bonds. The van der Waals surface area contributed by atoms with Crippen LogP contribution in [0.5, 0.6) is 0 Å². The van der Waals surface area contributed by atoms with Crippen molar-refractivity contribution in [1.29, 1.82) is 0 Å². The maximum atomic E-state index is 12.7. The van der Waals surface area contributed by atoms with Crippen LogP contribution < -0.4 is 16.4 Å². The number of carbonyl (C=O) groups excluding carboxylic acids is 3. The fourth-order valence-electron chi connectivity index (χ4n) is 2.73. The minimum absolute atomic E-state index is 0.258. The maximum absolute atomic E-state index is 12.7. The summed E-state index contributed by atoms with van der Waals surface area (Å²) in [5.74, 6) is -1.40. The Balaban J connectivity index is 2.03. The monoisotopic (exact) mass is 379 g/mol. The standard InChI is InChI=1S/C22H25N3O3/c1-16(26)24-20(15-18-11-6-3-7-12-18)22(28)25-19(21(23)27)14-8-13-17-9-4-2-5-10-17/h2-13,19-20H,14-15H2,1H3,(H2,23,27)(H,24,26)(H,25,28)/b13-8+/t19-,20-/m1/s1. The number of carbonyl (C=O) groups is 3. The summed E-state index contributed by atoms with van der Waals surface area (Å²) in [7, 11) is 0. The molecule has 2 aromatic carbocycles. The average molecular weight is 379 g/mol. The highest BCUT2D eigenvalue weighted by Crippen LogP contribution is 2.06. The molecular weight excluding hydrogens is 354 g/mol. The minimum Gasteiger partial charge on any atom is -0.368 e. The molecule has 0 saturated heterocycles. The van der Waals surface area contributed by atoms with Crippen LogP contribution in [-0.4, -0.2) is 29.8 Å². The number of benzene rings is 2. The number of nitrogens with two attached hydrogens (primary N) is 1. The molecule has 28 heavy (non-hydrogen) atoms. The SMILES string of the molecule is CC(=O)N[C@H](Cc1ccccc1)C(=O)N[C@H](C/C=C/c1ccccc1)C(N)=O. The maximum Gasteiger partial charge on any atom is 0.243 e. The molecule has 146 valence electrons. The van der Waals surface area contributed by atoms with Crippen LogP contribution in [0.4, 0.5) is 0 Å². The van der Waals surface area contributed by atoms with Gasteiger partial charge in [-0.2, -0.15) is 0 Å². The van der Waals surface area contributed by atoms with Crippen molar-refractivity contribution in [2.45, 2.75) is 31.8 Å². The number of primary amides is 1. The molecule has 0 saturated carbocycles. The van der Waals surface area contributed by atoms with Crippen molar-refractivity contribution in [2.24, 2.45) is 5.73 Å². The summed E-state index contributed by atoms with van der Waals surface area (Å²) in [6.07, 6.45) is 4.22. The van der Waals surface area contributed by atoms with Gasteiger partial charge in [0.25, 0.3) is 0 Å². The lowest BCUT2D eigenvalue weighted by Gasteiger charge is -2.21. The van der Waals surface area contributed by atoms with E-state index in [4.69, 9.17) is 5.73 Å². The molecule has 0 spiro atoms. The Hall–Kier alpha value is -3.41. The van der Waals surface area contributed by atoms with Gasteiger partial charge in [-0.05, 0) is 17.5 Å². The second-order valence-electron chi connectivity index (χ2n) is 6.46. The third-order valence-corrected chi connectivity index (χ3v) is 4.12. The highest BCUT2D eigenvalue weighted by Gasteiger charge is 2.24. The number of rotatable bonds is 9. The lowest BCUT2D eigenvalue weighted by Crippen LogP contribution is -2.53. The van der Waals surface area contributed by atoms with E-state index in [0.717, 1.165) is 11.1 Å². The van der Waals surface area contributed by atoms with Gasteiger partial charge in [-0.1, -0.05) is 72.8 Å². The van der Waals surface area contributed by atoms with Gasteiger partial charge in [0.15, 0.2) is 0 Å². The number of hydrogen-bond donors (Lipinski definition) is 3. The number of amides is 3. The lowest BCUT2D eigenvalue weighted by atomic mass is 10.0. The largest absolute Gasteiger partial charge is 0.368 e.